The van der Waals surface area contributed by atoms with Crippen molar-refractivity contribution in [2.24, 2.45) is 5.92 Å². The first-order chi connectivity index (χ1) is 18.6. The van der Waals surface area contributed by atoms with Gasteiger partial charge >= 0.3 is 0 Å². The molecule has 0 N–H and O–H groups in total. The molecular weight excluding hydrogens is 565 g/mol. The number of imidazole rings is 1. The third-order valence-corrected chi connectivity index (χ3v) is 8.36. The van der Waals surface area contributed by atoms with Crippen LogP contribution < -0.4 is 0 Å². The van der Waals surface area contributed by atoms with Crippen molar-refractivity contribution < 1.29 is 4.79 Å². The number of carbonyl (C=O) groups excluding carboxylic acids is 1. The highest BCUT2D eigenvalue weighted by molar-refractivity contribution is 6.31. The number of rotatable bonds is 8. The summed E-state index contributed by atoms with van der Waals surface area (Å²) in [7, 11) is 0. The van der Waals surface area contributed by atoms with E-state index in [0.29, 0.717) is 23.7 Å². The molecule has 2 aromatic carbocycles. The van der Waals surface area contributed by atoms with Gasteiger partial charge in [-0.2, -0.15) is 5.26 Å². The number of halogens is 3. The van der Waals surface area contributed by atoms with E-state index in [-0.39, 0.29) is 30.7 Å². The smallest absolute Gasteiger partial charge is 0.254 e. The van der Waals surface area contributed by atoms with Crippen molar-refractivity contribution in [3.63, 3.8) is 0 Å². The van der Waals surface area contributed by atoms with E-state index in [1.54, 1.807) is 0 Å². The molecule has 1 saturated heterocycles. The molecular formula is C31H38Cl3N5O. The summed E-state index contributed by atoms with van der Waals surface area (Å²) in [4.78, 5) is 22.3. The summed E-state index contributed by atoms with van der Waals surface area (Å²) in [5.41, 5.74) is 4.87. The summed E-state index contributed by atoms with van der Waals surface area (Å²) < 4.78 is 2.16. The molecule has 0 radical (unpaired) electrons. The number of hydrogen-bond donors (Lipinski definition) is 0. The standard InChI is InChI=1S/C31H36ClN5O.2ClH/c32-28-13-12-27(11-10-24-4-2-1-3-5-24)30(18-28)31(38)36-16-14-35(15-17-36)22-29-20-34-23-37(29)21-26-8-6-25(19-33)7-9-26;;/h6-9,12-13,18,20,23-24H,1-5,10-11,14-17,21-22H2;2*1H. The van der Waals surface area contributed by atoms with Crippen LogP contribution in [0.15, 0.2) is 55.0 Å². The SMILES string of the molecule is Cl.Cl.N#Cc1ccc(Cn2cncc2CN2CCN(C(=O)c3cc(Cl)ccc3CCC3CCCCC3)CC2)cc1. The van der Waals surface area contributed by atoms with Crippen LogP contribution in [0.3, 0.4) is 0 Å². The fraction of sp³-hybridized carbons (Fsp3) is 0.452. The number of aryl methyl sites for hydroxylation is 1. The van der Waals surface area contributed by atoms with Crippen LogP contribution in [0.4, 0.5) is 0 Å². The topological polar surface area (TPSA) is 65.2 Å². The van der Waals surface area contributed by atoms with Gasteiger partial charge in [0.1, 0.15) is 0 Å². The Kier molecular flexibility index (Phi) is 12.3. The van der Waals surface area contributed by atoms with Gasteiger partial charge in [-0.15, -0.1) is 24.8 Å². The second-order valence-electron chi connectivity index (χ2n) is 10.7. The number of amides is 1. The van der Waals surface area contributed by atoms with Crippen molar-refractivity contribution in [3.8, 4) is 6.07 Å². The maximum atomic E-state index is 13.6. The number of nitrogens with zero attached hydrogens (tertiary/aromatic N) is 5. The van der Waals surface area contributed by atoms with Gasteiger partial charge < -0.3 is 9.47 Å². The number of carbonyl (C=O) groups is 1. The third kappa shape index (κ3) is 8.24. The summed E-state index contributed by atoms with van der Waals surface area (Å²) in [6.45, 7) is 4.58. The summed E-state index contributed by atoms with van der Waals surface area (Å²) in [5.74, 6) is 0.896. The molecule has 1 aliphatic heterocycles. The minimum atomic E-state index is 0. The van der Waals surface area contributed by atoms with Crippen molar-refractivity contribution in [1.29, 1.82) is 5.26 Å². The zero-order valence-corrected chi connectivity index (χ0v) is 25.2. The lowest BCUT2D eigenvalue weighted by atomic mass is 9.84. The van der Waals surface area contributed by atoms with Crippen LogP contribution in [0, 0.1) is 17.2 Å². The zero-order valence-electron chi connectivity index (χ0n) is 22.8. The normalized spacial score (nSPS) is 16.1. The molecule has 2 aliphatic rings. The van der Waals surface area contributed by atoms with Crippen molar-refractivity contribution in [3.05, 3.63) is 88.0 Å². The Labute approximate surface area is 255 Å². The maximum absolute atomic E-state index is 13.6. The van der Waals surface area contributed by atoms with Gasteiger partial charge in [-0.3, -0.25) is 9.69 Å². The molecule has 40 heavy (non-hydrogen) atoms. The highest BCUT2D eigenvalue weighted by atomic mass is 35.5. The maximum Gasteiger partial charge on any atom is 0.254 e. The lowest BCUT2D eigenvalue weighted by molar-refractivity contribution is 0.0624. The fourth-order valence-corrected chi connectivity index (χ4v) is 5.99. The van der Waals surface area contributed by atoms with E-state index < -0.39 is 0 Å². The van der Waals surface area contributed by atoms with E-state index in [4.69, 9.17) is 16.9 Å². The minimum absolute atomic E-state index is 0. The first-order valence-corrected chi connectivity index (χ1v) is 14.2. The van der Waals surface area contributed by atoms with Crippen molar-refractivity contribution >= 4 is 42.3 Å². The van der Waals surface area contributed by atoms with Gasteiger partial charge in [0.15, 0.2) is 0 Å². The molecule has 0 spiro atoms. The van der Waals surface area contributed by atoms with E-state index in [2.05, 4.69) is 26.6 Å². The van der Waals surface area contributed by atoms with E-state index in [0.717, 1.165) is 67.3 Å². The van der Waals surface area contributed by atoms with Gasteiger partial charge in [0.05, 0.1) is 23.7 Å². The summed E-state index contributed by atoms with van der Waals surface area (Å²) in [5, 5.41) is 9.66. The molecule has 0 unspecified atom stereocenters. The first kappa shape index (κ1) is 32.0. The van der Waals surface area contributed by atoms with Crippen molar-refractivity contribution in [1.82, 2.24) is 19.4 Å². The summed E-state index contributed by atoms with van der Waals surface area (Å²) in [6.07, 6.45) is 12.6. The van der Waals surface area contributed by atoms with E-state index in [9.17, 15) is 4.79 Å². The Bertz CT molecular complexity index is 1270. The fourth-order valence-electron chi connectivity index (χ4n) is 5.81. The monoisotopic (exact) mass is 601 g/mol. The molecule has 9 heteroatoms. The molecule has 0 atom stereocenters. The number of benzene rings is 2. The number of aromatic nitrogens is 2. The molecule has 5 rings (SSSR count). The molecule has 214 valence electrons. The van der Waals surface area contributed by atoms with Gasteiger partial charge in [0, 0.05) is 56.1 Å². The van der Waals surface area contributed by atoms with Crippen LogP contribution in [0.1, 0.15) is 71.3 Å². The second-order valence-corrected chi connectivity index (χ2v) is 11.2. The van der Waals surface area contributed by atoms with Crippen LogP contribution in [-0.2, 0) is 19.5 Å². The predicted octanol–water partition coefficient (Wildman–Crippen LogP) is 6.77. The van der Waals surface area contributed by atoms with Crippen molar-refractivity contribution in [2.45, 2.75) is 58.0 Å². The van der Waals surface area contributed by atoms with E-state index in [1.165, 1.54) is 32.1 Å². The van der Waals surface area contributed by atoms with Crippen LogP contribution in [-0.4, -0.2) is 51.4 Å². The molecule has 0 bridgehead atoms. The number of nitriles is 1. The average Bonchev–Trinajstić information content (AvgIpc) is 3.39. The van der Waals surface area contributed by atoms with E-state index in [1.807, 2.05) is 53.8 Å². The molecule has 6 nitrogen and oxygen atoms in total. The van der Waals surface area contributed by atoms with E-state index >= 15 is 0 Å². The van der Waals surface area contributed by atoms with Crippen LogP contribution in [0.5, 0.6) is 0 Å². The van der Waals surface area contributed by atoms with Gasteiger partial charge in [0.2, 0.25) is 0 Å². The van der Waals surface area contributed by atoms with Gasteiger partial charge in [0.25, 0.3) is 5.91 Å². The first-order valence-electron chi connectivity index (χ1n) is 13.9. The summed E-state index contributed by atoms with van der Waals surface area (Å²) in [6, 6.07) is 15.7. The Balaban J connectivity index is 0.00000220. The highest BCUT2D eigenvalue weighted by Gasteiger charge is 2.25. The third-order valence-electron chi connectivity index (χ3n) is 8.13. The Hall–Kier alpha value is -2.56. The highest BCUT2D eigenvalue weighted by Crippen LogP contribution is 2.29. The number of piperazine rings is 1. The molecule has 1 aliphatic carbocycles. The predicted molar refractivity (Wildman–Crippen MR) is 165 cm³/mol. The molecule has 1 aromatic heterocycles. The van der Waals surface area contributed by atoms with Gasteiger partial charge in [-0.05, 0) is 54.2 Å². The summed E-state index contributed by atoms with van der Waals surface area (Å²) >= 11 is 6.34. The van der Waals surface area contributed by atoms with Crippen LogP contribution in [0.25, 0.3) is 0 Å². The molecule has 2 heterocycles. The van der Waals surface area contributed by atoms with Crippen LogP contribution >= 0.6 is 36.4 Å². The Morgan fingerprint density at radius 3 is 2.40 bits per heavy atom. The molecule has 1 saturated carbocycles. The Morgan fingerprint density at radius 2 is 1.70 bits per heavy atom. The van der Waals surface area contributed by atoms with Crippen molar-refractivity contribution in [2.75, 3.05) is 26.2 Å². The molecule has 3 aromatic rings. The average molecular weight is 603 g/mol. The van der Waals surface area contributed by atoms with Gasteiger partial charge in [-0.25, -0.2) is 4.98 Å². The number of hydrogen-bond acceptors (Lipinski definition) is 4. The quantitative estimate of drug-likeness (QED) is 0.285. The second kappa shape index (κ2) is 15.4. The molecule has 1 amide bonds. The van der Waals surface area contributed by atoms with Crippen LogP contribution in [0.2, 0.25) is 5.02 Å². The minimum Gasteiger partial charge on any atom is -0.336 e. The van der Waals surface area contributed by atoms with Gasteiger partial charge in [-0.1, -0.05) is 61.9 Å². The molecule has 2 fully saturated rings. The Morgan fingerprint density at radius 1 is 0.975 bits per heavy atom. The largest absolute Gasteiger partial charge is 0.336 e. The lowest BCUT2D eigenvalue weighted by Crippen LogP contribution is -2.48. The zero-order chi connectivity index (χ0) is 26.3. The lowest BCUT2D eigenvalue weighted by Gasteiger charge is -2.35.